The Balaban J connectivity index is 2.07. The van der Waals surface area contributed by atoms with Crippen LogP contribution in [0.5, 0.6) is 0 Å². The highest BCUT2D eigenvalue weighted by Crippen LogP contribution is 2.20. The lowest BCUT2D eigenvalue weighted by molar-refractivity contribution is 0.181. The van der Waals surface area contributed by atoms with E-state index in [1.807, 2.05) is 0 Å². The monoisotopic (exact) mass is 329 g/mol. The standard InChI is InChI=1S/C14H13ClFNO3S/c15-12-7-6-10(8-13(12)16)14(18)9-17-21(19,20)11-4-2-1-3-5-11/h1-8,14,17-18H,9H2/t14-/m0/s1. The summed E-state index contributed by atoms with van der Waals surface area (Å²) < 4.78 is 39.5. The van der Waals surface area contributed by atoms with Crippen molar-refractivity contribution in [3.8, 4) is 0 Å². The number of sulfonamides is 1. The molecule has 0 aliphatic heterocycles. The third-order valence-electron chi connectivity index (χ3n) is 2.85. The molecule has 4 nitrogen and oxygen atoms in total. The van der Waals surface area contributed by atoms with Gasteiger partial charge in [0.1, 0.15) is 5.82 Å². The molecule has 0 aliphatic rings. The van der Waals surface area contributed by atoms with E-state index in [4.69, 9.17) is 11.6 Å². The molecule has 0 amide bonds. The Morgan fingerprint density at radius 3 is 2.48 bits per heavy atom. The predicted octanol–water partition coefficient (Wildman–Crippen LogP) is 2.49. The Morgan fingerprint density at radius 2 is 1.86 bits per heavy atom. The van der Waals surface area contributed by atoms with Crippen molar-refractivity contribution in [2.45, 2.75) is 11.0 Å². The summed E-state index contributed by atoms with van der Waals surface area (Å²) in [6.45, 7) is -0.266. The van der Waals surface area contributed by atoms with Crippen LogP contribution in [0.25, 0.3) is 0 Å². The summed E-state index contributed by atoms with van der Waals surface area (Å²) in [6.07, 6.45) is -1.17. The number of nitrogens with one attached hydrogen (secondary N) is 1. The first-order valence-electron chi connectivity index (χ1n) is 6.08. The van der Waals surface area contributed by atoms with Crippen LogP contribution in [0.15, 0.2) is 53.4 Å². The number of aliphatic hydroxyl groups is 1. The Labute approximate surface area is 127 Å². The fraction of sp³-hybridized carbons (Fsp3) is 0.143. The molecule has 0 fully saturated rings. The largest absolute Gasteiger partial charge is 0.387 e. The van der Waals surface area contributed by atoms with Gasteiger partial charge in [0.25, 0.3) is 0 Å². The van der Waals surface area contributed by atoms with Gasteiger partial charge in [-0.15, -0.1) is 0 Å². The van der Waals surface area contributed by atoms with Gasteiger partial charge in [0.15, 0.2) is 0 Å². The van der Waals surface area contributed by atoms with E-state index in [0.29, 0.717) is 0 Å². The number of benzene rings is 2. The van der Waals surface area contributed by atoms with Gasteiger partial charge in [-0.1, -0.05) is 35.9 Å². The summed E-state index contributed by atoms with van der Waals surface area (Å²) in [7, 11) is -3.71. The fourth-order valence-corrected chi connectivity index (χ4v) is 2.89. The first-order valence-corrected chi connectivity index (χ1v) is 7.94. The molecule has 21 heavy (non-hydrogen) atoms. The first kappa shape index (κ1) is 15.9. The molecule has 112 valence electrons. The zero-order chi connectivity index (χ0) is 15.5. The molecule has 0 spiro atoms. The van der Waals surface area contributed by atoms with Crippen LogP contribution in [0.4, 0.5) is 4.39 Å². The second-order valence-corrected chi connectivity index (χ2v) is 6.53. The Kier molecular flexibility index (Phi) is 4.95. The normalized spacial score (nSPS) is 13.1. The van der Waals surface area contributed by atoms with E-state index in [-0.39, 0.29) is 22.0 Å². The summed E-state index contributed by atoms with van der Waals surface area (Å²) in [5.74, 6) is -0.667. The zero-order valence-corrected chi connectivity index (χ0v) is 12.4. The van der Waals surface area contributed by atoms with E-state index in [1.54, 1.807) is 18.2 Å². The van der Waals surface area contributed by atoms with Crippen LogP contribution in [-0.2, 0) is 10.0 Å². The molecule has 7 heteroatoms. The lowest BCUT2D eigenvalue weighted by atomic mass is 10.1. The Morgan fingerprint density at radius 1 is 1.19 bits per heavy atom. The van der Waals surface area contributed by atoms with Crippen LogP contribution in [0.2, 0.25) is 5.02 Å². The van der Waals surface area contributed by atoms with Gasteiger partial charge in [-0.3, -0.25) is 0 Å². The highest BCUT2D eigenvalue weighted by atomic mass is 35.5. The van der Waals surface area contributed by atoms with Crippen LogP contribution in [-0.4, -0.2) is 20.1 Å². The second-order valence-electron chi connectivity index (χ2n) is 4.35. The average molecular weight is 330 g/mol. The molecule has 0 saturated heterocycles. The molecule has 2 rings (SSSR count). The molecular formula is C14H13ClFNO3S. The van der Waals surface area contributed by atoms with Gasteiger partial charge >= 0.3 is 0 Å². The van der Waals surface area contributed by atoms with Gasteiger partial charge in [-0.25, -0.2) is 17.5 Å². The SMILES string of the molecule is O=S(=O)(NC[C@H](O)c1ccc(Cl)c(F)c1)c1ccccc1. The van der Waals surface area contributed by atoms with Crippen molar-refractivity contribution >= 4 is 21.6 Å². The van der Waals surface area contributed by atoms with E-state index in [0.717, 1.165) is 6.07 Å². The van der Waals surface area contributed by atoms with E-state index in [9.17, 15) is 17.9 Å². The smallest absolute Gasteiger partial charge is 0.240 e. The maximum atomic E-state index is 13.3. The molecule has 0 radical (unpaired) electrons. The van der Waals surface area contributed by atoms with Crippen LogP contribution in [0, 0.1) is 5.82 Å². The quantitative estimate of drug-likeness (QED) is 0.885. The van der Waals surface area contributed by atoms with Gasteiger partial charge in [0.05, 0.1) is 16.0 Å². The summed E-state index contributed by atoms with van der Waals surface area (Å²) in [6, 6.07) is 11.6. The van der Waals surface area contributed by atoms with Crippen molar-refractivity contribution in [1.82, 2.24) is 4.72 Å². The summed E-state index contributed by atoms with van der Waals surface area (Å²) >= 11 is 5.55. The molecule has 0 aliphatic carbocycles. The molecule has 2 aromatic rings. The summed E-state index contributed by atoms with van der Waals surface area (Å²) in [4.78, 5) is 0.0967. The van der Waals surface area contributed by atoms with Crippen molar-refractivity contribution in [1.29, 1.82) is 0 Å². The van der Waals surface area contributed by atoms with E-state index < -0.39 is 21.9 Å². The number of hydrogen-bond acceptors (Lipinski definition) is 3. The van der Waals surface area contributed by atoms with E-state index in [1.165, 1.54) is 24.3 Å². The van der Waals surface area contributed by atoms with Gasteiger partial charge in [0, 0.05) is 6.54 Å². The minimum atomic E-state index is -3.71. The Bertz CT molecular complexity index is 722. The number of halogens is 2. The van der Waals surface area contributed by atoms with Crippen molar-refractivity contribution in [2.75, 3.05) is 6.54 Å². The third kappa shape index (κ3) is 4.01. The first-order chi connectivity index (χ1) is 9.90. The van der Waals surface area contributed by atoms with Crippen molar-refractivity contribution in [3.63, 3.8) is 0 Å². The molecule has 1 atom stereocenters. The van der Waals surface area contributed by atoms with Gasteiger partial charge < -0.3 is 5.11 Å². The summed E-state index contributed by atoms with van der Waals surface area (Å²) in [5.41, 5.74) is 0.243. The molecule has 0 saturated carbocycles. The van der Waals surface area contributed by atoms with Gasteiger partial charge in [-0.2, -0.15) is 0 Å². The number of aliphatic hydroxyl groups excluding tert-OH is 1. The average Bonchev–Trinajstić information content (AvgIpc) is 2.48. The fourth-order valence-electron chi connectivity index (χ4n) is 1.71. The molecule has 2 N–H and O–H groups in total. The number of rotatable bonds is 5. The lowest BCUT2D eigenvalue weighted by Crippen LogP contribution is -2.28. The second kappa shape index (κ2) is 6.53. The third-order valence-corrected chi connectivity index (χ3v) is 4.59. The topological polar surface area (TPSA) is 66.4 Å². The minimum Gasteiger partial charge on any atom is -0.387 e. The lowest BCUT2D eigenvalue weighted by Gasteiger charge is -2.13. The van der Waals surface area contributed by atoms with Crippen molar-refractivity contribution in [2.24, 2.45) is 0 Å². The molecule has 0 unspecified atom stereocenters. The van der Waals surface area contributed by atoms with Crippen LogP contribution in [0.1, 0.15) is 11.7 Å². The van der Waals surface area contributed by atoms with Crippen LogP contribution >= 0.6 is 11.6 Å². The van der Waals surface area contributed by atoms with E-state index in [2.05, 4.69) is 4.72 Å². The molecule has 2 aromatic carbocycles. The minimum absolute atomic E-state index is 0.0594. The predicted molar refractivity (Wildman–Crippen MR) is 78.0 cm³/mol. The van der Waals surface area contributed by atoms with Gasteiger partial charge in [-0.05, 0) is 29.8 Å². The molecule has 0 heterocycles. The maximum absolute atomic E-state index is 13.3. The van der Waals surface area contributed by atoms with Gasteiger partial charge in [0.2, 0.25) is 10.0 Å². The zero-order valence-electron chi connectivity index (χ0n) is 10.8. The molecule has 0 aromatic heterocycles. The number of hydrogen-bond donors (Lipinski definition) is 2. The molecule has 0 bridgehead atoms. The van der Waals surface area contributed by atoms with Crippen molar-refractivity contribution in [3.05, 3.63) is 64.9 Å². The maximum Gasteiger partial charge on any atom is 0.240 e. The highest BCUT2D eigenvalue weighted by Gasteiger charge is 2.17. The Hall–Kier alpha value is -1.47. The van der Waals surface area contributed by atoms with Crippen LogP contribution in [0.3, 0.4) is 0 Å². The summed E-state index contributed by atoms with van der Waals surface area (Å²) in [5, 5.41) is 9.85. The molecular weight excluding hydrogens is 317 g/mol. The highest BCUT2D eigenvalue weighted by molar-refractivity contribution is 7.89. The van der Waals surface area contributed by atoms with Crippen LogP contribution < -0.4 is 4.72 Å². The van der Waals surface area contributed by atoms with Crippen molar-refractivity contribution < 1.29 is 17.9 Å². The van der Waals surface area contributed by atoms with E-state index >= 15 is 0 Å².